The van der Waals surface area contributed by atoms with Crippen LogP contribution in [0.15, 0.2) is 54.6 Å². The lowest BCUT2D eigenvalue weighted by atomic mass is 9.71. The van der Waals surface area contributed by atoms with Gasteiger partial charge in [0, 0.05) is 23.1 Å². The molecule has 4 nitrogen and oxygen atoms in total. The summed E-state index contributed by atoms with van der Waals surface area (Å²) in [5.74, 6) is 1.92. The van der Waals surface area contributed by atoms with Crippen LogP contribution in [0.1, 0.15) is 68.4 Å². The number of benzene rings is 2. The number of nitro groups is 1. The third kappa shape index (κ3) is 3.90. The molecule has 2 atom stereocenters. The van der Waals surface area contributed by atoms with Crippen molar-refractivity contribution in [2.45, 2.75) is 57.3 Å². The summed E-state index contributed by atoms with van der Waals surface area (Å²) in [6.45, 7) is 4.88. The minimum Gasteiger partial charge on any atom is -0.388 e. The summed E-state index contributed by atoms with van der Waals surface area (Å²) in [5.41, 5.74) is 2.84. The number of aliphatic hydroxyl groups excluding tert-OH is 1. The van der Waals surface area contributed by atoms with E-state index >= 15 is 0 Å². The van der Waals surface area contributed by atoms with Crippen molar-refractivity contribution in [1.82, 2.24) is 0 Å². The molecule has 5 heteroatoms. The molecule has 2 fully saturated rings. The van der Waals surface area contributed by atoms with Gasteiger partial charge in [-0.1, -0.05) is 56.3 Å². The van der Waals surface area contributed by atoms with Gasteiger partial charge < -0.3 is 5.11 Å². The van der Waals surface area contributed by atoms with Gasteiger partial charge >= 0.3 is 0 Å². The molecule has 0 heterocycles. The van der Waals surface area contributed by atoms with Crippen LogP contribution in [0.4, 0.5) is 5.69 Å². The maximum atomic E-state index is 11.1. The summed E-state index contributed by atoms with van der Waals surface area (Å²) < 4.78 is 0. The maximum Gasteiger partial charge on any atom is 0.269 e. The van der Waals surface area contributed by atoms with Crippen molar-refractivity contribution in [3.05, 3.63) is 75.8 Å². The van der Waals surface area contributed by atoms with Gasteiger partial charge in [-0.25, -0.2) is 0 Å². The van der Waals surface area contributed by atoms with Crippen molar-refractivity contribution in [1.29, 1.82) is 0 Å². The second kappa shape index (κ2) is 8.35. The molecule has 2 aromatic rings. The van der Waals surface area contributed by atoms with E-state index in [9.17, 15) is 15.2 Å². The summed E-state index contributed by atoms with van der Waals surface area (Å²) in [6, 6.07) is 16.7. The van der Waals surface area contributed by atoms with Crippen LogP contribution in [0.2, 0.25) is 0 Å². The molecule has 2 bridgehead atoms. The molecule has 4 rings (SSSR count). The first-order valence-electron chi connectivity index (χ1n) is 10.9. The van der Waals surface area contributed by atoms with Gasteiger partial charge in [0.1, 0.15) is 0 Å². The fraction of sp³-hybridized carbons (Fsp3) is 0.520. The number of rotatable bonds is 8. The molecule has 2 aliphatic carbocycles. The van der Waals surface area contributed by atoms with Gasteiger partial charge in [-0.15, -0.1) is 0 Å². The molecule has 0 radical (unpaired) electrons. The van der Waals surface area contributed by atoms with Crippen LogP contribution in [-0.4, -0.2) is 15.8 Å². The molecule has 0 aromatic heterocycles. The molecule has 2 aliphatic rings. The molecule has 30 heavy (non-hydrogen) atoms. The minimum atomic E-state index is -0.552. The van der Waals surface area contributed by atoms with Crippen LogP contribution in [0.5, 0.6) is 0 Å². The van der Waals surface area contributed by atoms with Crippen molar-refractivity contribution in [3.8, 4) is 0 Å². The van der Waals surface area contributed by atoms with E-state index in [0.717, 1.165) is 22.8 Å². The highest BCUT2D eigenvalue weighted by atomic mass is 32.2. The number of thioether (sulfide) groups is 1. The molecular weight excluding hydrogens is 394 g/mol. The second-order valence-corrected chi connectivity index (χ2v) is 10.8. The zero-order valence-electron chi connectivity index (χ0n) is 17.8. The van der Waals surface area contributed by atoms with Gasteiger partial charge in [0.15, 0.2) is 0 Å². The van der Waals surface area contributed by atoms with E-state index in [1.54, 1.807) is 12.1 Å². The standard InChI is InChI=1S/C25H31NO3S/c1-24(2)20-12-14-25(24,15-13-20)17-30-23(16-22(27)18-6-4-3-5-7-18)19-8-10-21(11-9-19)26(28)29/h3-11,20,22-23,27H,12-17H2,1-2H3/t20?,22-,23?,25?/m1/s1. The molecule has 0 amide bonds. The van der Waals surface area contributed by atoms with E-state index in [4.69, 9.17) is 0 Å². The highest BCUT2D eigenvalue weighted by Crippen LogP contribution is 2.67. The molecule has 160 valence electrons. The zero-order valence-corrected chi connectivity index (χ0v) is 18.6. The van der Waals surface area contributed by atoms with Crippen molar-refractivity contribution in [2.24, 2.45) is 16.7 Å². The van der Waals surface area contributed by atoms with Gasteiger partial charge in [-0.3, -0.25) is 10.1 Å². The Morgan fingerprint density at radius 2 is 1.70 bits per heavy atom. The van der Waals surface area contributed by atoms with Gasteiger partial charge in [0.05, 0.1) is 11.0 Å². The molecule has 1 unspecified atom stereocenters. The quantitative estimate of drug-likeness (QED) is 0.377. The van der Waals surface area contributed by atoms with E-state index in [1.165, 1.54) is 25.7 Å². The Labute approximate surface area is 183 Å². The highest BCUT2D eigenvalue weighted by Gasteiger charge is 2.58. The van der Waals surface area contributed by atoms with Crippen molar-refractivity contribution >= 4 is 17.4 Å². The molecule has 0 saturated heterocycles. The number of hydrogen-bond donors (Lipinski definition) is 1. The normalized spacial score (nSPS) is 26.4. The van der Waals surface area contributed by atoms with Gasteiger partial charge in [0.2, 0.25) is 0 Å². The average molecular weight is 426 g/mol. The minimum absolute atomic E-state index is 0.103. The van der Waals surface area contributed by atoms with Crippen molar-refractivity contribution in [3.63, 3.8) is 0 Å². The first kappa shape index (κ1) is 21.4. The Hall–Kier alpha value is -1.85. The molecule has 2 aromatic carbocycles. The Balaban J connectivity index is 1.54. The van der Waals surface area contributed by atoms with Crippen LogP contribution in [0.3, 0.4) is 0 Å². The van der Waals surface area contributed by atoms with Crippen LogP contribution in [0, 0.1) is 26.9 Å². The number of non-ortho nitro benzene ring substituents is 1. The van der Waals surface area contributed by atoms with Gasteiger partial charge in [0.25, 0.3) is 5.69 Å². The van der Waals surface area contributed by atoms with E-state index < -0.39 is 6.10 Å². The zero-order chi connectivity index (χ0) is 21.4. The topological polar surface area (TPSA) is 63.4 Å². The van der Waals surface area contributed by atoms with E-state index in [0.29, 0.717) is 17.3 Å². The Bertz CT molecular complexity index is 873. The summed E-state index contributed by atoms with van der Waals surface area (Å²) in [5, 5.41) is 22.1. The lowest BCUT2D eigenvalue weighted by Crippen LogP contribution is -2.33. The molecule has 0 spiro atoms. The fourth-order valence-electron chi connectivity index (χ4n) is 5.68. The lowest BCUT2D eigenvalue weighted by molar-refractivity contribution is -0.384. The Kier molecular flexibility index (Phi) is 5.95. The maximum absolute atomic E-state index is 11.1. The second-order valence-electron chi connectivity index (χ2n) is 9.59. The molecule has 1 N–H and O–H groups in total. The number of aliphatic hydroxyl groups is 1. The number of fused-ring (bicyclic) bond motifs is 2. The summed E-state index contributed by atoms with van der Waals surface area (Å²) in [7, 11) is 0. The largest absolute Gasteiger partial charge is 0.388 e. The highest BCUT2D eigenvalue weighted by molar-refractivity contribution is 7.99. The monoisotopic (exact) mass is 425 g/mol. The predicted octanol–water partition coefficient (Wildman–Crippen LogP) is 6.71. The average Bonchev–Trinajstić information content (AvgIpc) is 3.15. The molecule has 2 saturated carbocycles. The van der Waals surface area contributed by atoms with Crippen molar-refractivity contribution < 1.29 is 10.0 Å². The third-order valence-corrected chi connectivity index (χ3v) is 9.57. The van der Waals surface area contributed by atoms with Gasteiger partial charge in [-0.2, -0.15) is 11.8 Å². The SMILES string of the molecule is CC1(C)C2CCC1(CSC(C[C@@H](O)c1ccccc1)c1ccc([N+](=O)[O-])cc1)CC2. The summed E-state index contributed by atoms with van der Waals surface area (Å²) >= 11 is 1.93. The van der Waals surface area contributed by atoms with E-state index in [-0.39, 0.29) is 15.9 Å². The molecule has 0 aliphatic heterocycles. The summed E-state index contributed by atoms with van der Waals surface area (Å²) in [6.07, 6.45) is 5.32. The Morgan fingerprint density at radius 1 is 1.07 bits per heavy atom. The first-order chi connectivity index (χ1) is 14.3. The predicted molar refractivity (Wildman–Crippen MR) is 122 cm³/mol. The summed E-state index contributed by atoms with van der Waals surface area (Å²) in [4.78, 5) is 10.7. The number of nitro benzene ring substituents is 1. The van der Waals surface area contributed by atoms with Crippen LogP contribution >= 0.6 is 11.8 Å². The lowest BCUT2D eigenvalue weighted by Gasteiger charge is -2.39. The smallest absolute Gasteiger partial charge is 0.269 e. The fourth-order valence-corrected chi connectivity index (χ4v) is 7.53. The Morgan fingerprint density at radius 3 is 2.23 bits per heavy atom. The van der Waals surface area contributed by atoms with E-state index in [1.807, 2.05) is 54.2 Å². The number of hydrogen-bond acceptors (Lipinski definition) is 4. The molecular formula is C25H31NO3S. The van der Waals surface area contributed by atoms with Crippen LogP contribution in [0.25, 0.3) is 0 Å². The number of nitrogens with zero attached hydrogens (tertiary/aromatic N) is 1. The third-order valence-electron chi connectivity index (χ3n) is 7.99. The van der Waals surface area contributed by atoms with Gasteiger partial charge in [-0.05, 0) is 60.0 Å². The van der Waals surface area contributed by atoms with Crippen LogP contribution in [-0.2, 0) is 0 Å². The first-order valence-corrected chi connectivity index (χ1v) is 12.0. The van der Waals surface area contributed by atoms with Crippen molar-refractivity contribution in [2.75, 3.05) is 5.75 Å². The van der Waals surface area contributed by atoms with Crippen LogP contribution < -0.4 is 0 Å². The van der Waals surface area contributed by atoms with E-state index in [2.05, 4.69) is 13.8 Å².